The maximum Gasteiger partial charge on any atom is 0.326 e. The number of piperazine rings is 1. The van der Waals surface area contributed by atoms with Crippen molar-refractivity contribution in [3.05, 3.63) is 0 Å². The van der Waals surface area contributed by atoms with E-state index in [0.29, 0.717) is 0 Å². The highest BCUT2D eigenvalue weighted by Crippen LogP contribution is 2.18. The molecule has 1 fully saturated rings. The first-order valence-corrected chi connectivity index (χ1v) is 12.8. The van der Waals surface area contributed by atoms with Crippen molar-refractivity contribution in [3.8, 4) is 0 Å². The molecule has 0 aromatic carbocycles. The van der Waals surface area contributed by atoms with E-state index in [1.165, 1.54) is 6.92 Å². The maximum absolute atomic E-state index is 13.1. The minimum atomic E-state index is -1.24. The van der Waals surface area contributed by atoms with Crippen LogP contribution in [0.2, 0.25) is 0 Å². The fraction of sp³-hybridized carbons (Fsp3) is 0.739. The number of carboxylic acid groups (broad SMARTS) is 1. The minimum Gasteiger partial charge on any atom is -0.480 e. The fourth-order valence-electron chi connectivity index (χ4n) is 4.42. The van der Waals surface area contributed by atoms with Crippen LogP contribution in [-0.4, -0.2) is 111 Å². The molecule has 11 N–H and O–H groups in total. The number of rotatable bonds is 12. The third kappa shape index (κ3) is 8.49. The molecule has 1 saturated heterocycles. The number of amides is 5. The monoisotopic (exact) mass is 556 g/mol. The number of nitrogens with two attached hydrogens (primary N) is 2. The zero-order valence-corrected chi connectivity index (χ0v) is 22.5. The van der Waals surface area contributed by atoms with Crippen LogP contribution >= 0.6 is 0 Å². The van der Waals surface area contributed by atoms with Gasteiger partial charge in [-0.2, -0.15) is 0 Å². The standard InChI is InChI=1S/C23H40N8O8/c1-9(2)16(21(37)38)30-19(35)11(4)27-20(36)17-13(29-18(34)10(3)26-17)5-6-14(32)15(33)7-12-8-31(23(25)39)22(24)28-12/h9-17,26,32-33H,5-8H2,1-4H3,(H2,24,28)(H2,25,39)(H,27,36)(H,29,34)(H,30,35)(H,37,38)/t10-,11-,12-,13+,14+,15-,16-,17-/m0/s1. The first-order valence-electron chi connectivity index (χ1n) is 12.8. The number of urea groups is 1. The summed E-state index contributed by atoms with van der Waals surface area (Å²) < 4.78 is 0. The zero-order chi connectivity index (χ0) is 29.6. The summed E-state index contributed by atoms with van der Waals surface area (Å²) >= 11 is 0. The molecule has 0 saturated carbocycles. The topological polar surface area (TPSA) is 262 Å². The van der Waals surface area contributed by atoms with Crippen LogP contribution in [0.3, 0.4) is 0 Å². The Labute approximate surface area is 225 Å². The lowest BCUT2D eigenvalue weighted by atomic mass is 9.93. The Hall–Kier alpha value is -3.50. The Morgan fingerprint density at radius 3 is 2.33 bits per heavy atom. The van der Waals surface area contributed by atoms with E-state index in [0.717, 1.165) is 4.90 Å². The van der Waals surface area contributed by atoms with Crippen LogP contribution in [0.1, 0.15) is 47.0 Å². The number of aliphatic carboxylic acids is 1. The van der Waals surface area contributed by atoms with Crippen molar-refractivity contribution in [3.63, 3.8) is 0 Å². The van der Waals surface area contributed by atoms with Gasteiger partial charge in [-0.25, -0.2) is 14.6 Å². The third-order valence-electron chi connectivity index (χ3n) is 6.80. The van der Waals surface area contributed by atoms with Gasteiger partial charge >= 0.3 is 12.0 Å². The van der Waals surface area contributed by atoms with Gasteiger partial charge in [0.05, 0.1) is 36.9 Å². The van der Waals surface area contributed by atoms with Gasteiger partial charge in [-0.1, -0.05) is 13.8 Å². The SMILES string of the molecule is CC(C)[C@H](NC(=O)[C@H](C)NC(=O)[C@H]1N[C@@H](C)C(=O)N[C@@H]1CC[C@@H](O)[C@@H](O)C[C@H]1CN(C(N)=O)C(N)=N1)C(=O)O. The van der Waals surface area contributed by atoms with E-state index in [2.05, 4.69) is 26.3 Å². The second kappa shape index (κ2) is 13.5. The summed E-state index contributed by atoms with van der Waals surface area (Å²) in [6.07, 6.45) is -2.37. The predicted molar refractivity (Wildman–Crippen MR) is 138 cm³/mol. The Bertz CT molecular complexity index is 976. The van der Waals surface area contributed by atoms with E-state index in [1.54, 1.807) is 20.8 Å². The van der Waals surface area contributed by atoms with Gasteiger partial charge in [-0.05, 0) is 32.6 Å². The number of nitrogens with zero attached hydrogens (tertiary/aromatic N) is 2. The average molecular weight is 557 g/mol. The van der Waals surface area contributed by atoms with Crippen molar-refractivity contribution in [1.29, 1.82) is 0 Å². The second-order valence-electron chi connectivity index (χ2n) is 10.3. The molecule has 2 aliphatic heterocycles. The Morgan fingerprint density at radius 1 is 1.15 bits per heavy atom. The molecule has 0 aliphatic carbocycles. The first-order chi connectivity index (χ1) is 18.1. The number of guanidine groups is 1. The second-order valence-corrected chi connectivity index (χ2v) is 10.3. The summed E-state index contributed by atoms with van der Waals surface area (Å²) in [6, 6.07) is -5.99. The van der Waals surface area contributed by atoms with E-state index in [1.807, 2.05) is 0 Å². The molecule has 16 heteroatoms. The number of aliphatic hydroxyl groups is 2. The molecule has 0 aromatic heterocycles. The molecule has 0 spiro atoms. The molecule has 0 radical (unpaired) electrons. The van der Waals surface area contributed by atoms with Crippen molar-refractivity contribution in [2.45, 2.75) is 95.4 Å². The number of hydrogen-bond acceptors (Lipinski definition) is 10. The van der Waals surface area contributed by atoms with Crippen LogP contribution in [0.25, 0.3) is 0 Å². The molecular weight excluding hydrogens is 516 g/mol. The van der Waals surface area contributed by atoms with Gasteiger partial charge in [0.2, 0.25) is 17.7 Å². The van der Waals surface area contributed by atoms with Crippen molar-refractivity contribution in [1.82, 2.24) is 26.2 Å². The number of carbonyl (C=O) groups is 5. The molecular formula is C23H40N8O8. The number of aliphatic hydroxyl groups excluding tert-OH is 2. The molecule has 2 aliphatic rings. The zero-order valence-electron chi connectivity index (χ0n) is 22.5. The molecule has 8 atom stereocenters. The van der Waals surface area contributed by atoms with E-state index >= 15 is 0 Å². The maximum atomic E-state index is 13.1. The molecule has 220 valence electrons. The molecule has 16 nitrogen and oxygen atoms in total. The number of primary amides is 1. The van der Waals surface area contributed by atoms with Gasteiger partial charge in [-0.3, -0.25) is 24.6 Å². The van der Waals surface area contributed by atoms with Crippen molar-refractivity contribution in [2.24, 2.45) is 22.4 Å². The van der Waals surface area contributed by atoms with Crippen LogP contribution < -0.4 is 32.7 Å². The molecule has 2 rings (SSSR count). The smallest absolute Gasteiger partial charge is 0.326 e. The normalized spacial score (nSPS) is 26.2. The quantitative estimate of drug-likeness (QED) is 0.115. The van der Waals surface area contributed by atoms with E-state index in [4.69, 9.17) is 11.5 Å². The van der Waals surface area contributed by atoms with E-state index < -0.39 is 72.3 Å². The summed E-state index contributed by atoms with van der Waals surface area (Å²) in [4.78, 5) is 65.7. The number of carboxylic acids is 1. The van der Waals surface area contributed by atoms with Gasteiger partial charge in [0.1, 0.15) is 18.1 Å². The number of carbonyl (C=O) groups excluding carboxylic acids is 4. The summed E-state index contributed by atoms with van der Waals surface area (Å²) in [5, 5.41) is 40.8. The lowest BCUT2D eigenvalue weighted by molar-refractivity contribution is -0.143. The van der Waals surface area contributed by atoms with Crippen LogP contribution in [-0.2, 0) is 19.2 Å². The Kier molecular flexibility index (Phi) is 11.0. The van der Waals surface area contributed by atoms with Crippen LogP contribution in [0.4, 0.5) is 4.79 Å². The molecule has 0 bridgehead atoms. The van der Waals surface area contributed by atoms with Crippen molar-refractivity contribution < 1.29 is 39.3 Å². The van der Waals surface area contributed by atoms with Crippen LogP contribution in [0.5, 0.6) is 0 Å². The lowest BCUT2D eigenvalue weighted by Gasteiger charge is -2.36. The summed E-state index contributed by atoms with van der Waals surface area (Å²) in [6.45, 7) is 6.32. The van der Waals surface area contributed by atoms with Crippen LogP contribution in [0.15, 0.2) is 4.99 Å². The molecule has 2 heterocycles. The Balaban J connectivity index is 1.97. The van der Waals surface area contributed by atoms with Crippen molar-refractivity contribution in [2.75, 3.05) is 6.54 Å². The van der Waals surface area contributed by atoms with E-state index in [9.17, 15) is 39.3 Å². The summed E-state index contributed by atoms with van der Waals surface area (Å²) in [5.41, 5.74) is 10.9. The molecule has 0 unspecified atom stereocenters. The van der Waals surface area contributed by atoms with Gasteiger partial charge in [0.25, 0.3) is 0 Å². The van der Waals surface area contributed by atoms with Gasteiger partial charge in [0.15, 0.2) is 5.96 Å². The van der Waals surface area contributed by atoms with Gasteiger partial charge < -0.3 is 42.7 Å². The van der Waals surface area contributed by atoms with Crippen molar-refractivity contribution >= 4 is 35.7 Å². The highest BCUT2D eigenvalue weighted by molar-refractivity contribution is 5.96. The third-order valence-corrected chi connectivity index (χ3v) is 6.80. The lowest BCUT2D eigenvalue weighted by Crippen LogP contribution is -2.68. The Morgan fingerprint density at radius 2 is 1.79 bits per heavy atom. The van der Waals surface area contributed by atoms with Gasteiger partial charge in [-0.15, -0.1) is 0 Å². The first kappa shape index (κ1) is 31.7. The average Bonchev–Trinajstić information content (AvgIpc) is 3.21. The number of hydrogen-bond donors (Lipinski definition) is 9. The molecule has 5 amide bonds. The molecule has 39 heavy (non-hydrogen) atoms. The fourth-order valence-corrected chi connectivity index (χ4v) is 4.42. The van der Waals surface area contributed by atoms with Crippen LogP contribution in [0, 0.1) is 5.92 Å². The largest absolute Gasteiger partial charge is 0.480 e. The predicted octanol–water partition coefficient (Wildman–Crippen LogP) is -3.47. The number of aliphatic imine (C=N–C) groups is 1. The minimum absolute atomic E-state index is 0.00211. The highest BCUT2D eigenvalue weighted by atomic mass is 16.4. The molecule has 0 aromatic rings. The van der Waals surface area contributed by atoms with Gasteiger partial charge in [0, 0.05) is 6.42 Å². The number of nitrogens with one attached hydrogen (secondary N) is 4. The highest BCUT2D eigenvalue weighted by Gasteiger charge is 2.39. The summed E-state index contributed by atoms with van der Waals surface area (Å²) in [7, 11) is 0. The summed E-state index contributed by atoms with van der Waals surface area (Å²) in [5.74, 6) is -3.30. The van der Waals surface area contributed by atoms with E-state index in [-0.39, 0.29) is 43.6 Å².